The monoisotopic (exact) mass is 498 g/mol. The van der Waals surface area contributed by atoms with E-state index >= 15 is 0 Å². The zero-order valence-electron chi connectivity index (χ0n) is 19.9. The topological polar surface area (TPSA) is 66.0 Å². The zero-order chi connectivity index (χ0) is 24.5. The molecular formula is C26H28NO5S2-. The molecule has 6 nitrogen and oxygen atoms in total. The van der Waals surface area contributed by atoms with E-state index < -0.39 is 0 Å². The molecule has 3 aromatic rings. The van der Waals surface area contributed by atoms with Gasteiger partial charge in [0.15, 0.2) is 0 Å². The molecule has 0 unspecified atom stereocenters. The van der Waals surface area contributed by atoms with Crippen LogP contribution in [-0.2, 0) is 16.3 Å². The molecule has 0 saturated heterocycles. The van der Waals surface area contributed by atoms with E-state index in [9.17, 15) is 4.79 Å². The maximum atomic E-state index is 11.7. The Labute approximate surface area is 209 Å². The fourth-order valence-corrected chi connectivity index (χ4v) is 5.06. The Morgan fingerprint density at radius 3 is 1.62 bits per heavy atom. The molecule has 3 rings (SSSR count). The van der Waals surface area contributed by atoms with Gasteiger partial charge in [-0.25, -0.2) is 0 Å². The highest BCUT2D eigenvalue weighted by Gasteiger charge is 2.08. The molecule has 0 radical (unpaired) electrons. The van der Waals surface area contributed by atoms with Crippen molar-refractivity contribution in [2.45, 2.75) is 28.2 Å². The first kappa shape index (κ1) is 25.6. The van der Waals surface area contributed by atoms with E-state index in [-0.39, 0.29) is 5.91 Å². The van der Waals surface area contributed by atoms with Crippen molar-refractivity contribution in [1.29, 1.82) is 0 Å². The van der Waals surface area contributed by atoms with Crippen LogP contribution in [0.15, 0.2) is 58.3 Å². The number of carbonyl (C=O) groups excluding carboxylic acids is 1. The molecule has 8 heteroatoms. The summed E-state index contributed by atoms with van der Waals surface area (Å²) in [6, 6.07) is 18.9. The Morgan fingerprint density at radius 2 is 1.24 bits per heavy atom. The number of rotatable bonds is 11. The van der Waals surface area contributed by atoms with Gasteiger partial charge in [0.25, 0.3) is 0 Å². The second kappa shape index (κ2) is 12.5. The lowest BCUT2D eigenvalue weighted by Gasteiger charge is -2.19. The molecule has 3 aromatic carbocycles. The Kier molecular flexibility index (Phi) is 9.42. The van der Waals surface area contributed by atoms with Gasteiger partial charge in [0.05, 0.1) is 28.4 Å². The molecule has 0 aliphatic carbocycles. The lowest BCUT2D eigenvalue weighted by atomic mass is 10.1. The SMILES string of the molecule is COc1ccc(SCc2[c-]c(CSc3ccc(OC)cc3OC)cc(NC(C)=O)c2)c(OC)c1. The smallest absolute Gasteiger partial charge is 0.219 e. The number of ether oxygens (including phenoxy) is 4. The first-order valence-electron chi connectivity index (χ1n) is 10.5. The number of thioether (sulfide) groups is 2. The van der Waals surface area contributed by atoms with Gasteiger partial charge in [0.2, 0.25) is 5.91 Å². The summed E-state index contributed by atoms with van der Waals surface area (Å²) in [4.78, 5) is 13.7. The maximum Gasteiger partial charge on any atom is 0.219 e. The number of hydrogen-bond donors (Lipinski definition) is 1. The third-order valence-corrected chi connectivity index (χ3v) is 7.02. The fraction of sp³-hybridized carbons (Fsp3) is 0.269. The van der Waals surface area contributed by atoms with Crippen LogP contribution in [0.3, 0.4) is 0 Å². The first-order chi connectivity index (χ1) is 16.4. The van der Waals surface area contributed by atoms with E-state index in [1.54, 1.807) is 52.0 Å². The molecular weight excluding hydrogens is 470 g/mol. The zero-order valence-corrected chi connectivity index (χ0v) is 21.5. The van der Waals surface area contributed by atoms with E-state index in [0.29, 0.717) is 11.5 Å². The summed E-state index contributed by atoms with van der Waals surface area (Å²) in [5, 5.41) is 2.90. The van der Waals surface area contributed by atoms with Gasteiger partial charge in [-0.1, -0.05) is 5.69 Å². The molecule has 0 aliphatic heterocycles. The van der Waals surface area contributed by atoms with Crippen LogP contribution < -0.4 is 24.3 Å². The van der Waals surface area contributed by atoms with Crippen LogP contribution in [0.25, 0.3) is 0 Å². The summed E-state index contributed by atoms with van der Waals surface area (Å²) >= 11 is 3.28. The van der Waals surface area contributed by atoms with Gasteiger partial charge in [-0.15, -0.1) is 46.8 Å². The van der Waals surface area contributed by atoms with Gasteiger partial charge >= 0.3 is 0 Å². The highest BCUT2D eigenvalue weighted by atomic mass is 32.2. The molecule has 34 heavy (non-hydrogen) atoms. The van der Waals surface area contributed by atoms with E-state index in [1.807, 2.05) is 48.5 Å². The van der Waals surface area contributed by atoms with E-state index in [1.165, 1.54) is 6.92 Å². The van der Waals surface area contributed by atoms with Gasteiger partial charge in [0.1, 0.15) is 23.0 Å². The Hall–Kier alpha value is -2.97. The normalized spacial score (nSPS) is 10.5. The highest BCUT2D eigenvalue weighted by Crippen LogP contribution is 2.37. The third-order valence-electron chi connectivity index (χ3n) is 4.81. The van der Waals surface area contributed by atoms with E-state index in [2.05, 4.69) is 11.4 Å². The van der Waals surface area contributed by atoms with Gasteiger partial charge in [-0.05, 0) is 24.3 Å². The minimum atomic E-state index is -0.114. The van der Waals surface area contributed by atoms with Crippen molar-refractivity contribution in [3.63, 3.8) is 0 Å². The van der Waals surface area contributed by atoms with Crippen molar-refractivity contribution in [3.8, 4) is 23.0 Å². The van der Waals surface area contributed by atoms with Crippen LogP contribution in [0.1, 0.15) is 18.1 Å². The highest BCUT2D eigenvalue weighted by molar-refractivity contribution is 7.98. The average Bonchev–Trinajstić information content (AvgIpc) is 2.85. The minimum Gasteiger partial charge on any atom is -0.497 e. The molecule has 180 valence electrons. The number of benzene rings is 3. The predicted octanol–water partition coefficient (Wildman–Crippen LogP) is 6.06. The number of carbonyl (C=O) groups is 1. The average molecular weight is 499 g/mol. The Bertz CT molecular complexity index is 1060. The van der Waals surface area contributed by atoms with Gasteiger partial charge in [-0.3, -0.25) is 4.79 Å². The maximum absolute atomic E-state index is 11.7. The standard InChI is InChI=1S/C26H28NO5S2/c1-17(28)27-20-11-18(15-33-25-8-6-21(29-2)13-23(25)31-4)10-19(12-20)16-34-26-9-7-22(30-3)14-24(26)32-5/h6-9,11-14H,15-16H2,1-5H3,(H,27,28)/q-1. The van der Waals surface area contributed by atoms with Gasteiger partial charge in [-0.2, -0.15) is 6.07 Å². The van der Waals surface area contributed by atoms with Crippen molar-refractivity contribution in [1.82, 2.24) is 0 Å². The summed E-state index contributed by atoms with van der Waals surface area (Å²) in [6.07, 6.45) is 0. The molecule has 0 aliphatic rings. The van der Waals surface area contributed by atoms with Gasteiger partial charge in [0, 0.05) is 40.4 Å². The van der Waals surface area contributed by atoms with Crippen molar-refractivity contribution in [3.05, 3.63) is 65.7 Å². The Morgan fingerprint density at radius 1 is 0.765 bits per heavy atom. The Balaban J connectivity index is 1.79. The summed E-state index contributed by atoms with van der Waals surface area (Å²) in [7, 11) is 6.55. The fourth-order valence-electron chi connectivity index (χ4n) is 3.23. The van der Waals surface area contributed by atoms with Crippen molar-refractivity contribution in [2.75, 3.05) is 33.8 Å². The number of nitrogens with one attached hydrogen (secondary N) is 1. The number of anilines is 1. The molecule has 0 fully saturated rings. The molecule has 0 aromatic heterocycles. The molecule has 1 N–H and O–H groups in total. The van der Waals surface area contributed by atoms with Crippen molar-refractivity contribution < 1.29 is 23.7 Å². The quantitative estimate of drug-likeness (QED) is 0.254. The molecule has 0 atom stereocenters. The van der Waals surface area contributed by atoms with Crippen molar-refractivity contribution in [2.24, 2.45) is 0 Å². The van der Waals surface area contributed by atoms with Gasteiger partial charge < -0.3 is 24.3 Å². The van der Waals surface area contributed by atoms with Crippen LogP contribution in [0.2, 0.25) is 0 Å². The van der Waals surface area contributed by atoms with E-state index in [4.69, 9.17) is 18.9 Å². The van der Waals surface area contributed by atoms with E-state index in [0.717, 1.165) is 49.6 Å². The lowest BCUT2D eigenvalue weighted by molar-refractivity contribution is -0.114. The molecule has 0 heterocycles. The molecule has 0 saturated carbocycles. The lowest BCUT2D eigenvalue weighted by Crippen LogP contribution is -2.06. The number of hydrogen-bond acceptors (Lipinski definition) is 7. The summed E-state index contributed by atoms with van der Waals surface area (Å²) in [5.41, 5.74) is 2.71. The molecule has 0 bridgehead atoms. The number of methoxy groups -OCH3 is 4. The minimum absolute atomic E-state index is 0.114. The second-order valence-corrected chi connectivity index (χ2v) is 9.25. The summed E-state index contributed by atoms with van der Waals surface area (Å²) in [6.45, 7) is 1.50. The molecule has 0 spiro atoms. The predicted molar refractivity (Wildman–Crippen MR) is 138 cm³/mol. The first-order valence-corrected chi connectivity index (χ1v) is 12.4. The molecule has 1 amide bonds. The van der Waals surface area contributed by atoms with Crippen LogP contribution in [0, 0.1) is 6.07 Å². The van der Waals surface area contributed by atoms with Crippen LogP contribution >= 0.6 is 23.5 Å². The summed E-state index contributed by atoms with van der Waals surface area (Å²) in [5.74, 6) is 4.22. The third kappa shape index (κ3) is 7.01. The van der Waals surface area contributed by atoms with Crippen LogP contribution in [0.5, 0.6) is 23.0 Å². The van der Waals surface area contributed by atoms with Crippen LogP contribution in [-0.4, -0.2) is 34.3 Å². The second-order valence-electron chi connectivity index (χ2n) is 7.21. The van der Waals surface area contributed by atoms with Crippen LogP contribution in [0.4, 0.5) is 5.69 Å². The van der Waals surface area contributed by atoms with Crippen molar-refractivity contribution >= 4 is 35.1 Å². The summed E-state index contributed by atoms with van der Waals surface area (Å²) < 4.78 is 21.6. The number of amides is 1. The largest absolute Gasteiger partial charge is 0.497 e.